The predicted molar refractivity (Wildman–Crippen MR) is 161 cm³/mol. The number of anilines is 1. The minimum absolute atomic E-state index is 0.00548. The predicted octanol–water partition coefficient (Wildman–Crippen LogP) is 6.22. The van der Waals surface area contributed by atoms with Crippen LogP contribution >= 0.6 is 23.2 Å². The topological polar surface area (TPSA) is 86.8 Å². The van der Waals surface area contributed by atoms with Crippen LogP contribution in [-0.2, 0) is 26.2 Å². The van der Waals surface area contributed by atoms with Gasteiger partial charge in [-0.25, -0.2) is 8.42 Å². The molecule has 0 spiro atoms. The van der Waals surface area contributed by atoms with Crippen molar-refractivity contribution in [3.63, 3.8) is 0 Å². The number of rotatable bonds is 12. The monoisotopic (exact) mass is 603 g/mol. The molecule has 3 aromatic carbocycles. The van der Waals surface area contributed by atoms with Crippen molar-refractivity contribution in [3.8, 4) is 0 Å². The third-order valence-corrected chi connectivity index (χ3v) is 9.05. The van der Waals surface area contributed by atoms with Crippen LogP contribution in [0.5, 0.6) is 0 Å². The van der Waals surface area contributed by atoms with Gasteiger partial charge in [0.2, 0.25) is 11.8 Å². The number of halogens is 2. The highest BCUT2D eigenvalue weighted by Crippen LogP contribution is 2.27. The Kier molecular flexibility index (Phi) is 11.0. The van der Waals surface area contributed by atoms with Crippen LogP contribution in [0.25, 0.3) is 0 Å². The maximum absolute atomic E-state index is 14.1. The molecule has 3 rings (SSSR count). The molecule has 40 heavy (non-hydrogen) atoms. The van der Waals surface area contributed by atoms with Crippen molar-refractivity contribution in [2.45, 2.75) is 64.1 Å². The fourth-order valence-electron chi connectivity index (χ4n) is 4.15. The second-order valence-electron chi connectivity index (χ2n) is 9.66. The summed E-state index contributed by atoms with van der Waals surface area (Å²) in [5.74, 6) is -0.861. The van der Waals surface area contributed by atoms with Crippen LogP contribution < -0.4 is 9.62 Å². The van der Waals surface area contributed by atoms with Crippen LogP contribution in [-0.4, -0.2) is 43.8 Å². The lowest BCUT2D eigenvalue weighted by molar-refractivity contribution is -0.140. The Morgan fingerprint density at radius 3 is 2.15 bits per heavy atom. The average molecular weight is 605 g/mol. The van der Waals surface area contributed by atoms with E-state index in [-0.39, 0.29) is 23.4 Å². The molecule has 3 aromatic rings. The lowest BCUT2D eigenvalue weighted by atomic mass is 10.1. The number of carbonyl (C=O) groups excluding carboxylic acids is 2. The number of aryl methyl sites for hydroxylation is 1. The molecular weight excluding hydrogens is 569 g/mol. The molecule has 0 aliphatic rings. The Hall–Kier alpha value is -3.07. The quantitative estimate of drug-likeness (QED) is 0.266. The van der Waals surface area contributed by atoms with Crippen molar-refractivity contribution in [1.82, 2.24) is 10.2 Å². The number of nitrogens with one attached hydrogen (secondary N) is 1. The van der Waals surface area contributed by atoms with Gasteiger partial charge < -0.3 is 10.2 Å². The smallest absolute Gasteiger partial charge is 0.264 e. The summed E-state index contributed by atoms with van der Waals surface area (Å²) in [7, 11) is -4.12. The van der Waals surface area contributed by atoms with Crippen molar-refractivity contribution >= 4 is 50.7 Å². The van der Waals surface area contributed by atoms with Crippen molar-refractivity contribution in [3.05, 3.63) is 94.0 Å². The first-order chi connectivity index (χ1) is 19.0. The van der Waals surface area contributed by atoms with Gasteiger partial charge in [-0.2, -0.15) is 0 Å². The molecule has 0 aromatic heterocycles. The van der Waals surface area contributed by atoms with Crippen LogP contribution in [0.15, 0.2) is 77.7 Å². The summed E-state index contributed by atoms with van der Waals surface area (Å²) in [6.45, 7) is 6.99. The van der Waals surface area contributed by atoms with E-state index in [0.717, 1.165) is 16.3 Å². The number of para-hydroxylation sites is 1. The van der Waals surface area contributed by atoms with Crippen molar-refractivity contribution < 1.29 is 18.0 Å². The first-order valence-corrected chi connectivity index (χ1v) is 15.4. The van der Waals surface area contributed by atoms with Crippen molar-refractivity contribution in [2.75, 3.05) is 10.8 Å². The summed E-state index contributed by atoms with van der Waals surface area (Å²) < 4.78 is 28.8. The van der Waals surface area contributed by atoms with Crippen molar-refractivity contribution in [2.24, 2.45) is 0 Å². The van der Waals surface area contributed by atoms with E-state index in [1.54, 1.807) is 60.7 Å². The van der Waals surface area contributed by atoms with Gasteiger partial charge in [0.25, 0.3) is 10.0 Å². The number of nitrogens with zero attached hydrogens (tertiary/aromatic N) is 2. The standard InChI is InChI=1S/C30H35Cl2N3O4S/c1-5-22(4)33-30(37)28(6-2)34(19-23-14-15-24(31)18-27(23)32)29(36)20-35(25-10-8-7-9-11-25)40(38,39)26-16-12-21(3)13-17-26/h7-18,22,28H,5-6,19-20H2,1-4H3,(H,33,37)/t22-,28-/m1/s1. The zero-order chi connectivity index (χ0) is 29.4. The van der Waals surface area contributed by atoms with E-state index in [9.17, 15) is 18.0 Å². The molecular formula is C30H35Cl2N3O4S. The van der Waals surface area contributed by atoms with E-state index >= 15 is 0 Å². The number of sulfonamides is 1. The largest absolute Gasteiger partial charge is 0.352 e. The molecule has 0 unspecified atom stereocenters. The summed E-state index contributed by atoms with van der Waals surface area (Å²) in [5.41, 5.74) is 1.82. The van der Waals surface area contributed by atoms with Crippen LogP contribution in [0.4, 0.5) is 5.69 Å². The molecule has 214 valence electrons. The normalized spacial score (nSPS) is 12.8. The molecule has 7 nitrogen and oxygen atoms in total. The fourth-order valence-corrected chi connectivity index (χ4v) is 6.04. The summed E-state index contributed by atoms with van der Waals surface area (Å²) >= 11 is 12.5. The fraction of sp³-hybridized carbons (Fsp3) is 0.333. The van der Waals surface area contributed by atoms with Gasteiger partial charge in [0, 0.05) is 22.6 Å². The van der Waals surface area contributed by atoms with Gasteiger partial charge in [-0.3, -0.25) is 13.9 Å². The van der Waals surface area contributed by atoms with Gasteiger partial charge in [0.05, 0.1) is 10.6 Å². The van der Waals surface area contributed by atoms with Gasteiger partial charge in [-0.15, -0.1) is 0 Å². The van der Waals surface area contributed by atoms with E-state index in [1.165, 1.54) is 17.0 Å². The van der Waals surface area contributed by atoms with E-state index in [0.29, 0.717) is 27.7 Å². The number of hydrogen-bond acceptors (Lipinski definition) is 4. The van der Waals surface area contributed by atoms with Crippen LogP contribution in [0.1, 0.15) is 44.7 Å². The Labute approximate surface area is 247 Å². The minimum atomic E-state index is -4.12. The average Bonchev–Trinajstić information content (AvgIpc) is 2.93. The van der Waals surface area contributed by atoms with Gasteiger partial charge in [-0.05, 0) is 68.7 Å². The van der Waals surface area contributed by atoms with Crippen LogP contribution in [0.3, 0.4) is 0 Å². The molecule has 1 N–H and O–H groups in total. The highest BCUT2D eigenvalue weighted by molar-refractivity contribution is 7.92. The highest BCUT2D eigenvalue weighted by atomic mass is 35.5. The van der Waals surface area contributed by atoms with E-state index < -0.39 is 28.5 Å². The molecule has 2 amide bonds. The number of benzene rings is 3. The first kappa shape index (κ1) is 31.5. The lowest BCUT2D eigenvalue weighted by Crippen LogP contribution is -2.53. The SMILES string of the molecule is CC[C@@H](C)NC(=O)[C@@H](CC)N(Cc1ccc(Cl)cc1Cl)C(=O)CN(c1ccccc1)S(=O)(=O)c1ccc(C)cc1. The minimum Gasteiger partial charge on any atom is -0.352 e. The number of carbonyl (C=O) groups is 2. The zero-order valence-electron chi connectivity index (χ0n) is 23.1. The molecule has 0 bridgehead atoms. The molecule has 0 aliphatic carbocycles. The molecule has 0 fully saturated rings. The third-order valence-electron chi connectivity index (χ3n) is 6.67. The van der Waals surface area contributed by atoms with E-state index in [2.05, 4.69) is 5.32 Å². The zero-order valence-corrected chi connectivity index (χ0v) is 25.4. The van der Waals surface area contributed by atoms with Gasteiger partial charge in [0.1, 0.15) is 12.6 Å². The molecule has 0 heterocycles. The number of amides is 2. The summed E-state index contributed by atoms with van der Waals surface area (Å²) in [6.07, 6.45) is 1.03. The maximum Gasteiger partial charge on any atom is 0.264 e. The van der Waals surface area contributed by atoms with Gasteiger partial charge >= 0.3 is 0 Å². The molecule has 2 atom stereocenters. The van der Waals surface area contributed by atoms with Gasteiger partial charge in [-0.1, -0.05) is 79.0 Å². The third kappa shape index (κ3) is 7.77. The molecule has 0 saturated carbocycles. The summed E-state index contributed by atoms with van der Waals surface area (Å²) in [4.78, 5) is 28.9. The van der Waals surface area contributed by atoms with Crippen LogP contribution in [0.2, 0.25) is 10.0 Å². The second kappa shape index (κ2) is 14.0. The highest BCUT2D eigenvalue weighted by Gasteiger charge is 2.34. The molecule has 0 saturated heterocycles. The summed E-state index contributed by atoms with van der Waals surface area (Å²) in [6, 6.07) is 18.9. The number of hydrogen-bond donors (Lipinski definition) is 1. The second-order valence-corrected chi connectivity index (χ2v) is 12.4. The Morgan fingerprint density at radius 2 is 1.57 bits per heavy atom. The maximum atomic E-state index is 14.1. The van der Waals surface area contributed by atoms with E-state index in [1.807, 2.05) is 27.7 Å². The Balaban J connectivity index is 2.06. The molecule has 0 aliphatic heterocycles. The molecule has 10 heteroatoms. The van der Waals surface area contributed by atoms with Crippen LogP contribution in [0, 0.1) is 6.92 Å². The van der Waals surface area contributed by atoms with Crippen molar-refractivity contribution in [1.29, 1.82) is 0 Å². The first-order valence-electron chi connectivity index (χ1n) is 13.2. The lowest BCUT2D eigenvalue weighted by Gasteiger charge is -2.34. The molecule has 0 radical (unpaired) electrons. The summed E-state index contributed by atoms with van der Waals surface area (Å²) in [5, 5.41) is 3.73. The Morgan fingerprint density at radius 1 is 0.925 bits per heavy atom. The van der Waals surface area contributed by atoms with Gasteiger partial charge in [0.15, 0.2) is 0 Å². The Bertz CT molecular complexity index is 1420. The van der Waals surface area contributed by atoms with E-state index in [4.69, 9.17) is 23.2 Å².